The minimum absolute atomic E-state index is 0.129. The summed E-state index contributed by atoms with van der Waals surface area (Å²) in [7, 11) is 0. The van der Waals surface area contributed by atoms with Crippen LogP contribution in [-0.2, 0) is 0 Å². The standard InChI is InChI=1S/C23H18ClN3O/c1-16-6-2-3-7-20(16)23(28)26-22-9-5-4-8-21(22)17-14-25-27(15-17)19-12-10-18(24)11-13-19/h2-15H,1H3,(H,26,28). The molecule has 4 rings (SSSR count). The van der Waals surface area contributed by atoms with Crippen LogP contribution in [0.15, 0.2) is 85.2 Å². The number of nitrogens with one attached hydrogen (secondary N) is 1. The van der Waals surface area contributed by atoms with Gasteiger partial charge in [0.2, 0.25) is 0 Å². The second-order valence-corrected chi connectivity index (χ2v) is 6.90. The summed E-state index contributed by atoms with van der Waals surface area (Å²) in [4.78, 5) is 12.7. The number of hydrogen-bond acceptors (Lipinski definition) is 2. The van der Waals surface area contributed by atoms with Gasteiger partial charge in [-0.1, -0.05) is 48.0 Å². The Hall–Kier alpha value is -3.37. The molecule has 138 valence electrons. The molecule has 0 radical (unpaired) electrons. The number of rotatable bonds is 4. The molecule has 0 bridgehead atoms. The molecule has 0 atom stereocenters. The summed E-state index contributed by atoms with van der Waals surface area (Å²) in [6.07, 6.45) is 3.72. The molecule has 3 aromatic carbocycles. The molecular weight excluding hydrogens is 370 g/mol. The number of nitrogens with zero attached hydrogens (tertiary/aromatic N) is 2. The monoisotopic (exact) mass is 387 g/mol. The number of aromatic nitrogens is 2. The lowest BCUT2D eigenvalue weighted by Gasteiger charge is -2.11. The molecule has 1 N–H and O–H groups in total. The van der Waals surface area contributed by atoms with E-state index in [2.05, 4.69) is 10.4 Å². The highest BCUT2D eigenvalue weighted by Crippen LogP contribution is 2.29. The van der Waals surface area contributed by atoms with Crippen LogP contribution in [0.5, 0.6) is 0 Å². The lowest BCUT2D eigenvalue weighted by atomic mass is 10.1. The predicted octanol–water partition coefficient (Wildman–Crippen LogP) is 5.75. The van der Waals surface area contributed by atoms with Gasteiger partial charge in [0.25, 0.3) is 5.91 Å². The van der Waals surface area contributed by atoms with Gasteiger partial charge in [0.15, 0.2) is 0 Å². The molecule has 1 aromatic heterocycles. The number of halogens is 1. The summed E-state index contributed by atoms with van der Waals surface area (Å²) < 4.78 is 1.78. The van der Waals surface area contributed by atoms with Crippen molar-refractivity contribution in [1.82, 2.24) is 9.78 Å². The van der Waals surface area contributed by atoms with Gasteiger partial charge in [-0.3, -0.25) is 4.79 Å². The van der Waals surface area contributed by atoms with Crippen LogP contribution in [0.25, 0.3) is 16.8 Å². The van der Waals surface area contributed by atoms with E-state index in [1.54, 1.807) is 10.9 Å². The Morgan fingerprint density at radius 3 is 2.46 bits per heavy atom. The van der Waals surface area contributed by atoms with Gasteiger partial charge in [0, 0.05) is 33.6 Å². The molecule has 1 heterocycles. The van der Waals surface area contributed by atoms with Gasteiger partial charge < -0.3 is 5.32 Å². The largest absolute Gasteiger partial charge is 0.321 e. The second-order valence-electron chi connectivity index (χ2n) is 6.46. The lowest BCUT2D eigenvalue weighted by molar-refractivity contribution is 0.102. The van der Waals surface area contributed by atoms with Crippen molar-refractivity contribution in [3.63, 3.8) is 0 Å². The summed E-state index contributed by atoms with van der Waals surface area (Å²) in [5, 5.41) is 8.16. The highest BCUT2D eigenvalue weighted by Gasteiger charge is 2.13. The zero-order valence-electron chi connectivity index (χ0n) is 15.3. The first kappa shape index (κ1) is 18.0. The maximum atomic E-state index is 12.7. The second kappa shape index (κ2) is 7.71. The summed E-state index contributed by atoms with van der Waals surface area (Å²) in [5.74, 6) is -0.129. The first-order valence-electron chi connectivity index (χ1n) is 8.89. The molecule has 0 aliphatic heterocycles. The average Bonchev–Trinajstić information content (AvgIpc) is 3.19. The van der Waals surface area contributed by atoms with E-state index in [4.69, 9.17) is 11.6 Å². The van der Waals surface area contributed by atoms with E-state index in [9.17, 15) is 4.79 Å². The fraction of sp³-hybridized carbons (Fsp3) is 0.0435. The van der Waals surface area contributed by atoms with E-state index < -0.39 is 0 Å². The minimum atomic E-state index is -0.129. The van der Waals surface area contributed by atoms with E-state index in [-0.39, 0.29) is 5.91 Å². The third kappa shape index (κ3) is 3.68. The van der Waals surface area contributed by atoms with Crippen LogP contribution >= 0.6 is 11.6 Å². The number of carbonyl (C=O) groups is 1. The number of carbonyl (C=O) groups excluding carboxylic acids is 1. The number of aryl methyl sites for hydroxylation is 1. The normalized spacial score (nSPS) is 10.6. The van der Waals surface area contributed by atoms with Crippen molar-refractivity contribution in [3.05, 3.63) is 101 Å². The molecule has 1 amide bonds. The van der Waals surface area contributed by atoms with Crippen LogP contribution in [0.2, 0.25) is 5.02 Å². The Morgan fingerprint density at radius 1 is 0.964 bits per heavy atom. The topological polar surface area (TPSA) is 46.9 Å². The van der Waals surface area contributed by atoms with Crippen LogP contribution in [0.4, 0.5) is 5.69 Å². The lowest BCUT2D eigenvalue weighted by Crippen LogP contribution is -2.13. The summed E-state index contributed by atoms with van der Waals surface area (Å²) in [6.45, 7) is 1.93. The van der Waals surface area contributed by atoms with E-state index in [0.29, 0.717) is 10.6 Å². The summed E-state index contributed by atoms with van der Waals surface area (Å²) >= 11 is 5.96. The van der Waals surface area contributed by atoms with Crippen molar-refractivity contribution in [1.29, 1.82) is 0 Å². The third-order valence-electron chi connectivity index (χ3n) is 4.55. The average molecular weight is 388 g/mol. The zero-order chi connectivity index (χ0) is 19.5. The fourth-order valence-corrected chi connectivity index (χ4v) is 3.18. The molecule has 0 saturated carbocycles. The smallest absolute Gasteiger partial charge is 0.255 e. The van der Waals surface area contributed by atoms with Crippen LogP contribution < -0.4 is 5.32 Å². The SMILES string of the molecule is Cc1ccccc1C(=O)Nc1ccccc1-c1cnn(-c2ccc(Cl)cc2)c1. The van der Waals surface area contributed by atoms with Crippen LogP contribution in [0.3, 0.4) is 0 Å². The Bertz CT molecular complexity index is 1130. The first-order chi connectivity index (χ1) is 13.6. The number of anilines is 1. The first-order valence-corrected chi connectivity index (χ1v) is 9.26. The van der Waals surface area contributed by atoms with Gasteiger partial charge in [-0.05, 0) is 48.9 Å². The van der Waals surface area contributed by atoms with Crippen molar-refractivity contribution in [3.8, 4) is 16.8 Å². The minimum Gasteiger partial charge on any atom is -0.321 e. The Morgan fingerprint density at radius 2 is 1.68 bits per heavy atom. The zero-order valence-corrected chi connectivity index (χ0v) is 16.0. The van der Waals surface area contributed by atoms with Gasteiger partial charge in [0.05, 0.1) is 11.9 Å². The van der Waals surface area contributed by atoms with E-state index in [1.165, 1.54) is 0 Å². The molecule has 4 nitrogen and oxygen atoms in total. The number of para-hydroxylation sites is 1. The molecule has 0 spiro atoms. The van der Waals surface area contributed by atoms with Gasteiger partial charge >= 0.3 is 0 Å². The van der Waals surface area contributed by atoms with Crippen molar-refractivity contribution in [2.24, 2.45) is 0 Å². The van der Waals surface area contributed by atoms with Crippen molar-refractivity contribution in [2.45, 2.75) is 6.92 Å². The van der Waals surface area contributed by atoms with Gasteiger partial charge in [-0.15, -0.1) is 0 Å². The molecule has 4 aromatic rings. The highest BCUT2D eigenvalue weighted by atomic mass is 35.5. The Balaban J connectivity index is 1.64. The summed E-state index contributed by atoms with van der Waals surface area (Å²) in [6, 6.07) is 22.7. The van der Waals surface area contributed by atoms with Crippen LogP contribution in [0.1, 0.15) is 15.9 Å². The highest BCUT2D eigenvalue weighted by molar-refractivity contribution is 6.30. The molecule has 0 saturated heterocycles. The van der Waals surface area contributed by atoms with Crippen molar-refractivity contribution >= 4 is 23.2 Å². The summed E-state index contributed by atoms with van der Waals surface area (Å²) in [5.41, 5.74) is 5.07. The molecule has 0 aliphatic carbocycles. The predicted molar refractivity (Wildman–Crippen MR) is 113 cm³/mol. The van der Waals surface area contributed by atoms with E-state index in [1.807, 2.05) is 85.9 Å². The molecule has 0 aliphatic rings. The maximum absolute atomic E-state index is 12.7. The van der Waals surface area contributed by atoms with Crippen molar-refractivity contribution < 1.29 is 4.79 Å². The number of benzene rings is 3. The molecular formula is C23H18ClN3O. The van der Waals surface area contributed by atoms with Gasteiger partial charge in [-0.25, -0.2) is 4.68 Å². The number of amides is 1. The molecule has 0 fully saturated rings. The van der Waals surface area contributed by atoms with Crippen LogP contribution in [0, 0.1) is 6.92 Å². The van der Waals surface area contributed by atoms with Crippen LogP contribution in [-0.4, -0.2) is 15.7 Å². The Kier molecular flexibility index (Phi) is 4.96. The quantitative estimate of drug-likeness (QED) is 0.484. The van der Waals surface area contributed by atoms with Crippen molar-refractivity contribution in [2.75, 3.05) is 5.32 Å². The maximum Gasteiger partial charge on any atom is 0.255 e. The molecule has 0 unspecified atom stereocenters. The number of hydrogen-bond donors (Lipinski definition) is 1. The van der Waals surface area contributed by atoms with Gasteiger partial charge in [-0.2, -0.15) is 5.10 Å². The Labute approximate surface area is 168 Å². The van der Waals surface area contributed by atoms with E-state index in [0.717, 1.165) is 28.1 Å². The molecule has 28 heavy (non-hydrogen) atoms. The fourth-order valence-electron chi connectivity index (χ4n) is 3.06. The molecule has 5 heteroatoms. The van der Waals surface area contributed by atoms with E-state index >= 15 is 0 Å². The van der Waals surface area contributed by atoms with Gasteiger partial charge in [0.1, 0.15) is 0 Å². The third-order valence-corrected chi connectivity index (χ3v) is 4.80.